The van der Waals surface area contributed by atoms with E-state index in [-0.39, 0.29) is 13.1 Å². The summed E-state index contributed by atoms with van der Waals surface area (Å²) >= 11 is 0. The second-order valence-corrected chi connectivity index (χ2v) is 3.87. The van der Waals surface area contributed by atoms with Crippen LogP contribution in [-0.2, 0) is 0 Å². The Morgan fingerprint density at radius 1 is 1.06 bits per heavy atom. The molecule has 0 aliphatic carbocycles. The zero-order valence-electron chi connectivity index (χ0n) is 9.47. The summed E-state index contributed by atoms with van der Waals surface area (Å²) in [4.78, 5) is 11.8. The van der Waals surface area contributed by atoms with E-state index in [1.54, 1.807) is 12.1 Å². The van der Waals surface area contributed by atoms with E-state index in [4.69, 9.17) is 5.11 Å². The van der Waals surface area contributed by atoms with Crippen LogP contribution in [0.4, 0.5) is 5.69 Å². The summed E-state index contributed by atoms with van der Waals surface area (Å²) < 4.78 is 0. The Labute approximate surface area is 101 Å². The topological polar surface area (TPSA) is 49.3 Å². The molecule has 2 aromatic carbocycles. The number of aromatic hydroxyl groups is 1. The number of phenols is 1. The normalized spacial score (nSPS) is 9.94. The fourth-order valence-electron chi connectivity index (χ4n) is 1.45. The molecule has 17 heavy (non-hydrogen) atoms. The van der Waals surface area contributed by atoms with Crippen molar-refractivity contribution in [1.82, 2.24) is 0 Å². The van der Waals surface area contributed by atoms with Gasteiger partial charge in [-0.2, -0.15) is 0 Å². The minimum absolute atomic E-state index is 0. The lowest BCUT2D eigenvalue weighted by molar-refractivity contribution is 0.102. The van der Waals surface area contributed by atoms with Gasteiger partial charge in [-0.3, -0.25) is 4.79 Å². The van der Waals surface area contributed by atoms with E-state index in [1.807, 2.05) is 31.2 Å². The van der Waals surface area contributed by atoms with Gasteiger partial charge in [0.15, 0.2) is 0 Å². The van der Waals surface area contributed by atoms with Gasteiger partial charge in [-0.25, -0.2) is 0 Å². The third kappa shape index (κ3) is 2.84. The molecule has 0 aliphatic heterocycles. The fraction of sp³-hybridized carbons (Fsp3) is 0.0714. The van der Waals surface area contributed by atoms with Crippen LogP contribution in [0.2, 0.25) is 0 Å². The van der Waals surface area contributed by atoms with Crippen molar-refractivity contribution in [2.45, 2.75) is 6.92 Å². The van der Waals surface area contributed by atoms with Crippen molar-refractivity contribution < 1.29 is 11.3 Å². The molecule has 3 heteroatoms. The van der Waals surface area contributed by atoms with E-state index < -0.39 is 0 Å². The highest BCUT2D eigenvalue weighted by molar-refractivity contribution is 6.04. The molecule has 0 spiro atoms. The third-order valence-electron chi connectivity index (χ3n) is 2.44. The van der Waals surface area contributed by atoms with Gasteiger partial charge in [0, 0.05) is 12.7 Å². The van der Waals surface area contributed by atoms with Crippen LogP contribution in [0.1, 0.15) is 17.3 Å². The molecular weight excluding hydrogens is 214 g/mol. The average Bonchev–Trinajstić information content (AvgIpc) is 2.33. The zero-order valence-corrected chi connectivity index (χ0v) is 9.47. The number of phenolic OH excluding ortho intramolecular Hbond substituents is 1. The lowest BCUT2D eigenvalue weighted by Gasteiger charge is -2.05. The van der Waals surface area contributed by atoms with Gasteiger partial charge in [-0.15, -0.1) is 0 Å². The van der Waals surface area contributed by atoms with Gasteiger partial charge in [0.05, 0.1) is 0 Å². The Bertz CT molecular complexity index is 520. The van der Waals surface area contributed by atoms with E-state index in [1.165, 1.54) is 12.1 Å². The number of carbonyl (C=O) groups excluding carboxylic acids is 1. The van der Waals surface area contributed by atoms with Crippen molar-refractivity contribution in [3.05, 3.63) is 59.7 Å². The Hall–Kier alpha value is -2.29. The summed E-state index contributed by atoms with van der Waals surface area (Å²) in [6.45, 7) is 1.99. The molecule has 0 aromatic heterocycles. The summed E-state index contributed by atoms with van der Waals surface area (Å²) in [6.07, 6.45) is 0. The highest BCUT2D eigenvalue weighted by Gasteiger charge is 2.05. The molecule has 0 heterocycles. The fourth-order valence-corrected chi connectivity index (χ4v) is 1.45. The maximum Gasteiger partial charge on any atom is 0.255 e. The molecule has 0 radical (unpaired) electrons. The lowest BCUT2D eigenvalue weighted by Crippen LogP contribution is -2.11. The first-order chi connectivity index (χ1) is 8.15. The second kappa shape index (κ2) is 4.70. The number of nitrogens with one attached hydrogen (secondary N) is 1. The number of amides is 1. The molecule has 0 unspecified atom stereocenters. The number of aryl methyl sites for hydroxylation is 1. The molecule has 2 N–H and O–H groups in total. The lowest BCUT2D eigenvalue weighted by atomic mass is 10.2. The number of benzene rings is 2. The van der Waals surface area contributed by atoms with Crippen molar-refractivity contribution in [1.29, 1.82) is 0 Å². The largest absolute Gasteiger partial charge is 0.508 e. The van der Waals surface area contributed by atoms with E-state index in [0.29, 0.717) is 5.56 Å². The van der Waals surface area contributed by atoms with Crippen molar-refractivity contribution in [3.63, 3.8) is 0 Å². The van der Waals surface area contributed by atoms with Crippen LogP contribution in [0.25, 0.3) is 0 Å². The average molecular weight is 229 g/mol. The highest BCUT2D eigenvalue weighted by atomic mass is 16.3. The quantitative estimate of drug-likeness (QED) is 0.830. The standard InChI is InChI=1S/C14H13NO2.H2/c1-10-2-6-12(7-3-10)15-14(17)11-4-8-13(16)9-5-11;/h2-9,16H,1H3,(H,15,17);1H. The molecule has 0 aliphatic rings. The van der Waals surface area contributed by atoms with E-state index in [0.717, 1.165) is 11.3 Å². The summed E-state index contributed by atoms with van der Waals surface area (Å²) in [5, 5.41) is 11.9. The maximum atomic E-state index is 11.8. The van der Waals surface area contributed by atoms with Crippen molar-refractivity contribution in [2.75, 3.05) is 5.32 Å². The van der Waals surface area contributed by atoms with E-state index >= 15 is 0 Å². The molecule has 0 fully saturated rings. The molecule has 0 saturated heterocycles. The second-order valence-electron chi connectivity index (χ2n) is 3.87. The summed E-state index contributed by atoms with van der Waals surface area (Å²) in [5.74, 6) is -0.0364. The van der Waals surface area contributed by atoms with Crippen LogP contribution in [0.3, 0.4) is 0 Å². The molecule has 88 valence electrons. The number of carbonyl (C=O) groups is 1. The molecule has 2 aromatic rings. The monoisotopic (exact) mass is 229 g/mol. The molecule has 0 atom stereocenters. The summed E-state index contributed by atoms with van der Waals surface area (Å²) in [6, 6.07) is 13.7. The van der Waals surface area contributed by atoms with Crippen molar-refractivity contribution in [2.24, 2.45) is 0 Å². The number of rotatable bonds is 2. The van der Waals surface area contributed by atoms with Crippen LogP contribution < -0.4 is 5.32 Å². The first-order valence-corrected chi connectivity index (χ1v) is 5.32. The van der Waals surface area contributed by atoms with E-state index in [9.17, 15) is 4.79 Å². The van der Waals surface area contributed by atoms with Gasteiger partial charge in [-0.05, 0) is 43.3 Å². The maximum absolute atomic E-state index is 11.8. The minimum Gasteiger partial charge on any atom is -0.508 e. The Morgan fingerprint density at radius 3 is 2.24 bits per heavy atom. The van der Waals surface area contributed by atoms with Crippen LogP contribution >= 0.6 is 0 Å². The third-order valence-corrected chi connectivity index (χ3v) is 2.44. The Balaban J connectivity index is 0.00000162. The number of hydrogen-bond donors (Lipinski definition) is 2. The highest BCUT2D eigenvalue weighted by Crippen LogP contribution is 2.13. The van der Waals surface area contributed by atoms with Gasteiger partial charge in [0.1, 0.15) is 5.75 Å². The molecule has 0 saturated carbocycles. The molecule has 3 nitrogen and oxygen atoms in total. The SMILES string of the molecule is Cc1ccc(NC(=O)c2ccc(O)cc2)cc1.[HH]. The van der Waals surface area contributed by atoms with Gasteiger partial charge < -0.3 is 10.4 Å². The van der Waals surface area contributed by atoms with Gasteiger partial charge >= 0.3 is 0 Å². The Kier molecular flexibility index (Phi) is 3.10. The van der Waals surface area contributed by atoms with Crippen LogP contribution in [0, 0.1) is 6.92 Å². The zero-order chi connectivity index (χ0) is 12.3. The predicted octanol–water partition coefficient (Wildman–Crippen LogP) is 3.20. The number of hydrogen-bond acceptors (Lipinski definition) is 2. The Morgan fingerprint density at radius 2 is 1.65 bits per heavy atom. The van der Waals surface area contributed by atoms with Crippen LogP contribution in [0.5, 0.6) is 5.75 Å². The molecular formula is C14H15NO2. The first-order valence-electron chi connectivity index (χ1n) is 5.32. The molecule has 0 bridgehead atoms. The van der Waals surface area contributed by atoms with Crippen LogP contribution in [-0.4, -0.2) is 11.0 Å². The van der Waals surface area contributed by atoms with Crippen molar-refractivity contribution >= 4 is 11.6 Å². The molecule has 2 rings (SSSR count). The van der Waals surface area contributed by atoms with E-state index in [2.05, 4.69) is 5.32 Å². The minimum atomic E-state index is -0.186. The van der Waals surface area contributed by atoms with Gasteiger partial charge in [0.2, 0.25) is 0 Å². The van der Waals surface area contributed by atoms with Crippen LogP contribution in [0.15, 0.2) is 48.5 Å². The number of anilines is 1. The first kappa shape index (κ1) is 11.2. The summed E-state index contributed by atoms with van der Waals surface area (Å²) in [5.41, 5.74) is 2.42. The summed E-state index contributed by atoms with van der Waals surface area (Å²) in [7, 11) is 0. The smallest absolute Gasteiger partial charge is 0.255 e. The molecule has 1 amide bonds. The predicted molar refractivity (Wildman–Crippen MR) is 69.4 cm³/mol. The van der Waals surface area contributed by atoms with Gasteiger partial charge in [-0.1, -0.05) is 17.7 Å². The van der Waals surface area contributed by atoms with Crippen molar-refractivity contribution in [3.8, 4) is 5.75 Å². The van der Waals surface area contributed by atoms with Gasteiger partial charge in [0.25, 0.3) is 5.91 Å².